The summed E-state index contributed by atoms with van der Waals surface area (Å²) in [5.74, 6) is -0.510. The van der Waals surface area contributed by atoms with E-state index >= 15 is 0 Å². The quantitative estimate of drug-likeness (QED) is 0.858. The van der Waals surface area contributed by atoms with Gasteiger partial charge in [-0.15, -0.1) is 0 Å². The molecule has 0 radical (unpaired) electrons. The standard InChI is InChI=1S/C14H16N2O3/c1-4-19-14(18)12-10(3)13(17)16(15-12)11-8-6-5-7-9(11)2/h5-8,15H,4H2,1-3H3. The Kier molecular flexibility index (Phi) is 3.55. The number of carbonyl (C=O) groups excluding carboxylic acids is 1. The Morgan fingerprint density at radius 3 is 2.63 bits per heavy atom. The van der Waals surface area contributed by atoms with Crippen LogP contribution in [0.4, 0.5) is 0 Å². The van der Waals surface area contributed by atoms with Crippen LogP contribution in [0.1, 0.15) is 28.5 Å². The van der Waals surface area contributed by atoms with Crippen LogP contribution < -0.4 is 5.56 Å². The molecular weight excluding hydrogens is 244 g/mol. The molecule has 1 N–H and O–H groups in total. The maximum atomic E-state index is 12.2. The third-order valence-corrected chi connectivity index (χ3v) is 2.96. The van der Waals surface area contributed by atoms with Gasteiger partial charge < -0.3 is 4.74 Å². The molecule has 1 aromatic heterocycles. The highest BCUT2D eigenvalue weighted by Gasteiger charge is 2.18. The van der Waals surface area contributed by atoms with Gasteiger partial charge >= 0.3 is 5.97 Å². The fourth-order valence-electron chi connectivity index (χ4n) is 1.91. The summed E-state index contributed by atoms with van der Waals surface area (Å²) in [6.07, 6.45) is 0. The molecule has 100 valence electrons. The van der Waals surface area contributed by atoms with Gasteiger partial charge in [0, 0.05) is 5.56 Å². The number of hydrogen-bond donors (Lipinski definition) is 1. The van der Waals surface area contributed by atoms with E-state index in [9.17, 15) is 9.59 Å². The second-order valence-electron chi connectivity index (χ2n) is 4.26. The molecule has 1 heterocycles. The first kappa shape index (κ1) is 13.1. The summed E-state index contributed by atoms with van der Waals surface area (Å²) in [5, 5.41) is 2.82. The number of aryl methyl sites for hydroxylation is 1. The first-order valence-electron chi connectivity index (χ1n) is 6.11. The largest absolute Gasteiger partial charge is 0.461 e. The van der Waals surface area contributed by atoms with Gasteiger partial charge in [0.05, 0.1) is 12.3 Å². The highest BCUT2D eigenvalue weighted by Crippen LogP contribution is 2.12. The molecule has 2 rings (SSSR count). The minimum Gasteiger partial charge on any atom is -0.461 e. The molecule has 0 spiro atoms. The van der Waals surface area contributed by atoms with Crippen LogP contribution >= 0.6 is 0 Å². The normalized spacial score (nSPS) is 10.5. The SMILES string of the molecule is CCOC(=O)c1[nH]n(-c2ccccc2C)c(=O)c1C. The number of H-pyrrole nitrogens is 1. The molecule has 2 aromatic rings. The van der Waals surface area contributed by atoms with Gasteiger partial charge in [-0.25, -0.2) is 9.48 Å². The monoisotopic (exact) mass is 260 g/mol. The Morgan fingerprint density at radius 1 is 1.32 bits per heavy atom. The number of rotatable bonds is 3. The van der Waals surface area contributed by atoms with Crippen LogP contribution in [-0.4, -0.2) is 22.4 Å². The Bertz CT molecular complexity index is 668. The summed E-state index contributed by atoms with van der Waals surface area (Å²) >= 11 is 0. The number of ether oxygens (including phenoxy) is 1. The molecule has 1 aromatic carbocycles. The third kappa shape index (κ3) is 2.31. The molecule has 0 aliphatic carbocycles. The van der Waals surface area contributed by atoms with Crippen molar-refractivity contribution in [1.82, 2.24) is 9.78 Å². The molecular formula is C14H16N2O3. The van der Waals surface area contributed by atoms with Gasteiger partial charge in [-0.05, 0) is 32.4 Å². The van der Waals surface area contributed by atoms with Gasteiger partial charge in [0.2, 0.25) is 0 Å². The third-order valence-electron chi connectivity index (χ3n) is 2.96. The van der Waals surface area contributed by atoms with Crippen molar-refractivity contribution >= 4 is 5.97 Å². The number of carbonyl (C=O) groups is 1. The number of aromatic amines is 1. The second-order valence-corrected chi connectivity index (χ2v) is 4.26. The molecule has 5 heteroatoms. The van der Waals surface area contributed by atoms with Crippen molar-refractivity contribution in [1.29, 1.82) is 0 Å². The van der Waals surface area contributed by atoms with E-state index in [0.717, 1.165) is 11.3 Å². The maximum Gasteiger partial charge on any atom is 0.356 e. The van der Waals surface area contributed by atoms with E-state index in [2.05, 4.69) is 5.10 Å². The van der Waals surface area contributed by atoms with Crippen LogP contribution in [0.3, 0.4) is 0 Å². The van der Waals surface area contributed by atoms with Gasteiger partial charge in [-0.3, -0.25) is 9.89 Å². The van der Waals surface area contributed by atoms with Gasteiger partial charge in [0.15, 0.2) is 0 Å². The van der Waals surface area contributed by atoms with Crippen LogP contribution in [0.2, 0.25) is 0 Å². The summed E-state index contributed by atoms with van der Waals surface area (Å²) in [6, 6.07) is 7.46. The van der Waals surface area contributed by atoms with Crippen LogP contribution in [0.5, 0.6) is 0 Å². The zero-order chi connectivity index (χ0) is 14.0. The summed E-state index contributed by atoms with van der Waals surface area (Å²) in [4.78, 5) is 23.9. The van der Waals surface area contributed by atoms with Crippen molar-refractivity contribution in [2.75, 3.05) is 6.61 Å². The van der Waals surface area contributed by atoms with Crippen LogP contribution in [-0.2, 0) is 4.74 Å². The molecule has 0 aliphatic heterocycles. The van der Waals surface area contributed by atoms with Crippen LogP contribution in [0.15, 0.2) is 29.1 Å². The number of esters is 1. The van der Waals surface area contributed by atoms with Crippen LogP contribution in [0.25, 0.3) is 5.69 Å². The molecule has 0 saturated carbocycles. The van der Waals surface area contributed by atoms with Gasteiger partial charge in [0.1, 0.15) is 5.69 Å². The maximum absolute atomic E-state index is 12.2. The molecule has 5 nitrogen and oxygen atoms in total. The zero-order valence-corrected chi connectivity index (χ0v) is 11.2. The summed E-state index contributed by atoms with van der Waals surface area (Å²) in [7, 11) is 0. The van der Waals surface area contributed by atoms with Crippen molar-refractivity contribution < 1.29 is 9.53 Å². The minimum absolute atomic E-state index is 0.204. The van der Waals surface area contributed by atoms with E-state index in [0.29, 0.717) is 5.56 Å². The van der Waals surface area contributed by atoms with Crippen molar-refractivity contribution in [3.63, 3.8) is 0 Å². The number of benzene rings is 1. The average Bonchev–Trinajstić information content (AvgIpc) is 2.68. The van der Waals surface area contributed by atoms with E-state index < -0.39 is 5.97 Å². The molecule has 0 amide bonds. The zero-order valence-electron chi connectivity index (χ0n) is 11.2. The number of hydrogen-bond acceptors (Lipinski definition) is 3. The predicted octanol–water partition coefficient (Wildman–Crippen LogP) is 1.96. The predicted molar refractivity (Wildman–Crippen MR) is 71.8 cm³/mol. The molecule has 0 aliphatic rings. The minimum atomic E-state index is -0.510. The Labute approximate surface area is 110 Å². The number of aromatic nitrogens is 2. The van der Waals surface area contributed by atoms with Crippen molar-refractivity contribution in [3.05, 3.63) is 51.4 Å². The fourth-order valence-corrected chi connectivity index (χ4v) is 1.91. The topological polar surface area (TPSA) is 64.1 Å². The second kappa shape index (κ2) is 5.14. The molecule has 19 heavy (non-hydrogen) atoms. The van der Waals surface area contributed by atoms with Crippen molar-refractivity contribution in [3.8, 4) is 5.69 Å². The van der Waals surface area contributed by atoms with Gasteiger partial charge in [-0.2, -0.15) is 0 Å². The van der Waals surface area contributed by atoms with E-state index in [1.807, 2.05) is 31.2 Å². The molecule has 0 bridgehead atoms. The fraction of sp³-hybridized carbons (Fsp3) is 0.286. The van der Waals surface area contributed by atoms with Gasteiger partial charge in [-0.1, -0.05) is 18.2 Å². The summed E-state index contributed by atoms with van der Waals surface area (Å²) in [6.45, 7) is 5.52. The van der Waals surface area contributed by atoms with Gasteiger partial charge in [0.25, 0.3) is 5.56 Å². The lowest BCUT2D eigenvalue weighted by molar-refractivity contribution is 0.0518. The summed E-state index contributed by atoms with van der Waals surface area (Å²) < 4.78 is 6.29. The highest BCUT2D eigenvalue weighted by molar-refractivity contribution is 5.88. The lowest BCUT2D eigenvalue weighted by atomic mass is 10.2. The Balaban J connectivity index is 2.56. The van der Waals surface area contributed by atoms with Crippen molar-refractivity contribution in [2.24, 2.45) is 0 Å². The first-order chi connectivity index (χ1) is 9.06. The highest BCUT2D eigenvalue weighted by atomic mass is 16.5. The van der Waals surface area contributed by atoms with E-state index in [1.165, 1.54) is 4.68 Å². The average molecular weight is 260 g/mol. The smallest absolute Gasteiger partial charge is 0.356 e. The van der Waals surface area contributed by atoms with E-state index in [4.69, 9.17) is 4.74 Å². The summed E-state index contributed by atoms with van der Waals surface area (Å²) in [5.41, 5.74) is 2.00. The number of nitrogens with one attached hydrogen (secondary N) is 1. The lowest BCUT2D eigenvalue weighted by Crippen LogP contribution is -2.16. The number of para-hydroxylation sites is 1. The van der Waals surface area contributed by atoms with E-state index in [1.54, 1.807) is 13.8 Å². The lowest BCUT2D eigenvalue weighted by Gasteiger charge is -2.05. The Hall–Kier alpha value is -2.30. The molecule has 0 fully saturated rings. The molecule has 0 saturated heterocycles. The van der Waals surface area contributed by atoms with Crippen molar-refractivity contribution in [2.45, 2.75) is 20.8 Å². The molecule has 0 unspecified atom stereocenters. The molecule has 0 atom stereocenters. The first-order valence-corrected chi connectivity index (χ1v) is 6.11. The van der Waals surface area contributed by atoms with Crippen LogP contribution in [0, 0.1) is 13.8 Å². The van der Waals surface area contributed by atoms with E-state index in [-0.39, 0.29) is 17.9 Å². The number of nitrogens with zero attached hydrogens (tertiary/aromatic N) is 1. The Morgan fingerprint density at radius 2 is 2.00 bits per heavy atom.